The molecule has 1 N–H and O–H groups in total. The van der Waals surface area contributed by atoms with Crippen LogP contribution in [0.1, 0.15) is 10.4 Å². The summed E-state index contributed by atoms with van der Waals surface area (Å²) in [6.07, 6.45) is 0. The quantitative estimate of drug-likeness (QED) is 0.472. The summed E-state index contributed by atoms with van der Waals surface area (Å²) < 4.78 is 6.70. The Morgan fingerprint density at radius 1 is 0.962 bits per heavy atom. The van der Waals surface area contributed by atoms with E-state index >= 15 is 0 Å². The average molecular weight is 381 g/mol. The number of hydrogen-bond acceptors (Lipinski definition) is 4. The van der Waals surface area contributed by atoms with Gasteiger partial charge < -0.3 is 4.74 Å². The van der Waals surface area contributed by atoms with E-state index in [4.69, 9.17) is 16.3 Å². The number of nitrogens with one attached hydrogen (secondary N) is 1. The van der Waals surface area contributed by atoms with Crippen LogP contribution in [0.25, 0.3) is 10.2 Å². The number of para-hydroxylation sites is 1. The molecule has 0 unspecified atom stereocenters. The van der Waals surface area contributed by atoms with Crippen LogP contribution < -0.4 is 10.1 Å². The molecule has 4 nitrogen and oxygen atoms in total. The number of halogens is 1. The highest BCUT2D eigenvalue weighted by molar-refractivity contribution is 7.22. The molecule has 1 heterocycles. The van der Waals surface area contributed by atoms with Crippen molar-refractivity contribution < 1.29 is 9.53 Å². The normalized spacial score (nSPS) is 10.7. The molecular formula is C20H13ClN2O2S. The fourth-order valence-electron chi connectivity index (χ4n) is 2.45. The van der Waals surface area contributed by atoms with Crippen molar-refractivity contribution in [3.63, 3.8) is 0 Å². The van der Waals surface area contributed by atoms with E-state index in [-0.39, 0.29) is 5.91 Å². The molecule has 0 aliphatic rings. The summed E-state index contributed by atoms with van der Waals surface area (Å²) in [6, 6.07) is 21.9. The second-order valence-corrected chi connectivity index (χ2v) is 7.00. The first kappa shape index (κ1) is 16.6. The van der Waals surface area contributed by atoms with Crippen LogP contribution in [0.2, 0.25) is 5.02 Å². The van der Waals surface area contributed by atoms with Crippen molar-refractivity contribution in [2.24, 2.45) is 0 Å². The number of rotatable bonds is 4. The maximum atomic E-state index is 12.5. The largest absolute Gasteiger partial charge is 0.457 e. The lowest BCUT2D eigenvalue weighted by Crippen LogP contribution is -2.11. The van der Waals surface area contributed by atoms with Gasteiger partial charge in [-0.05, 0) is 48.5 Å². The molecule has 1 aromatic heterocycles. The zero-order valence-electron chi connectivity index (χ0n) is 13.5. The van der Waals surface area contributed by atoms with Gasteiger partial charge in [-0.25, -0.2) is 4.98 Å². The van der Waals surface area contributed by atoms with Crippen molar-refractivity contribution in [1.82, 2.24) is 4.98 Å². The molecule has 0 fully saturated rings. The second kappa shape index (κ2) is 7.15. The molecule has 0 atom stereocenters. The van der Waals surface area contributed by atoms with Crippen molar-refractivity contribution in [3.8, 4) is 11.5 Å². The lowest BCUT2D eigenvalue weighted by molar-refractivity contribution is 0.102. The van der Waals surface area contributed by atoms with Gasteiger partial charge in [-0.15, -0.1) is 0 Å². The highest BCUT2D eigenvalue weighted by Gasteiger charge is 2.11. The summed E-state index contributed by atoms with van der Waals surface area (Å²) in [5.74, 6) is 1.07. The maximum absolute atomic E-state index is 12.5. The molecule has 0 spiro atoms. The second-order valence-electron chi connectivity index (χ2n) is 5.53. The topological polar surface area (TPSA) is 51.2 Å². The van der Waals surface area contributed by atoms with Crippen molar-refractivity contribution in [3.05, 3.63) is 83.4 Å². The minimum Gasteiger partial charge on any atom is -0.457 e. The van der Waals surface area contributed by atoms with E-state index in [9.17, 15) is 4.79 Å². The lowest BCUT2D eigenvalue weighted by Gasteiger charge is -2.07. The van der Waals surface area contributed by atoms with Gasteiger partial charge in [0.25, 0.3) is 5.91 Å². The molecule has 6 heteroatoms. The Kier molecular flexibility index (Phi) is 4.56. The summed E-state index contributed by atoms with van der Waals surface area (Å²) in [5, 5.41) is 4.00. The molecule has 1 amide bonds. The number of aromatic nitrogens is 1. The van der Waals surface area contributed by atoms with Gasteiger partial charge in [-0.3, -0.25) is 10.1 Å². The van der Waals surface area contributed by atoms with Gasteiger partial charge in [0, 0.05) is 10.6 Å². The van der Waals surface area contributed by atoms with E-state index in [1.54, 1.807) is 24.3 Å². The summed E-state index contributed by atoms with van der Waals surface area (Å²) in [6.45, 7) is 0. The Bertz CT molecular complexity index is 1080. The molecule has 0 saturated heterocycles. The van der Waals surface area contributed by atoms with Crippen LogP contribution >= 0.6 is 22.9 Å². The van der Waals surface area contributed by atoms with E-state index in [1.807, 2.05) is 48.5 Å². The standard InChI is InChI=1S/C20H13ClN2O2S/c21-14-9-10-17-18(12-14)26-20(22-17)23-19(24)13-5-4-8-16(11-13)25-15-6-2-1-3-7-15/h1-12H,(H,22,23,24). The van der Waals surface area contributed by atoms with E-state index in [2.05, 4.69) is 10.3 Å². The number of benzene rings is 3. The first-order valence-electron chi connectivity index (χ1n) is 7.88. The average Bonchev–Trinajstić information content (AvgIpc) is 3.04. The lowest BCUT2D eigenvalue weighted by atomic mass is 10.2. The van der Waals surface area contributed by atoms with Gasteiger partial charge in [0.15, 0.2) is 5.13 Å². The van der Waals surface area contributed by atoms with Gasteiger partial charge in [-0.2, -0.15) is 0 Å². The van der Waals surface area contributed by atoms with Crippen LogP contribution in [0.5, 0.6) is 11.5 Å². The first-order valence-corrected chi connectivity index (χ1v) is 9.07. The fraction of sp³-hybridized carbons (Fsp3) is 0. The molecule has 0 bridgehead atoms. The third-order valence-corrected chi connectivity index (χ3v) is 4.81. The van der Waals surface area contributed by atoms with Gasteiger partial charge in [-0.1, -0.05) is 47.2 Å². The Morgan fingerprint density at radius 2 is 1.77 bits per heavy atom. The van der Waals surface area contributed by atoms with Gasteiger partial charge in [0.1, 0.15) is 11.5 Å². The van der Waals surface area contributed by atoms with E-state index in [0.717, 1.165) is 10.2 Å². The predicted octanol–water partition coefficient (Wildman–Crippen LogP) is 5.99. The number of carbonyl (C=O) groups excluding carboxylic acids is 1. The number of anilines is 1. The Hall–Kier alpha value is -2.89. The van der Waals surface area contributed by atoms with E-state index in [0.29, 0.717) is 27.2 Å². The Labute approximate surface area is 159 Å². The molecule has 4 aromatic rings. The van der Waals surface area contributed by atoms with Crippen LogP contribution in [0.15, 0.2) is 72.8 Å². The Morgan fingerprint density at radius 3 is 2.62 bits per heavy atom. The van der Waals surface area contributed by atoms with E-state index < -0.39 is 0 Å². The highest BCUT2D eigenvalue weighted by Crippen LogP contribution is 2.29. The monoisotopic (exact) mass is 380 g/mol. The predicted molar refractivity (Wildman–Crippen MR) is 106 cm³/mol. The first-order chi connectivity index (χ1) is 12.7. The number of carbonyl (C=O) groups is 1. The number of fused-ring (bicyclic) bond motifs is 1. The van der Waals surface area contributed by atoms with Crippen LogP contribution in [0.3, 0.4) is 0 Å². The summed E-state index contributed by atoms with van der Waals surface area (Å²) in [4.78, 5) is 16.9. The molecule has 128 valence electrons. The van der Waals surface area contributed by atoms with Gasteiger partial charge >= 0.3 is 0 Å². The number of nitrogens with zero attached hydrogens (tertiary/aromatic N) is 1. The molecule has 26 heavy (non-hydrogen) atoms. The molecule has 0 saturated carbocycles. The van der Waals surface area contributed by atoms with Gasteiger partial charge in [0.2, 0.25) is 0 Å². The molecule has 0 aliphatic carbocycles. The summed E-state index contributed by atoms with van der Waals surface area (Å²) in [5.41, 5.74) is 1.30. The van der Waals surface area contributed by atoms with Crippen molar-refractivity contribution in [2.45, 2.75) is 0 Å². The minimum atomic E-state index is -0.242. The fourth-order valence-corrected chi connectivity index (χ4v) is 3.58. The van der Waals surface area contributed by atoms with Crippen LogP contribution in [0.4, 0.5) is 5.13 Å². The van der Waals surface area contributed by atoms with Crippen molar-refractivity contribution in [1.29, 1.82) is 0 Å². The number of amides is 1. The van der Waals surface area contributed by atoms with Crippen LogP contribution in [0, 0.1) is 0 Å². The molecule has 0 radical (unpaired) electrons. The molecule has 3 aromatic carbocycles. The maximum Gasteiger partial charge on any atom is 0.257 e. The van der Waals surface area contributed by atoms with Crippen molar-refractivity contribution in [2.75, 3.05) is 5.32 Å². The Balaban J connectivity index is 1.53. The third-order valence-electron chi connectivity index (χ3n) is 3.65. The molecular weight excluding hydrogens is 368 g/mol. The van der Waals surface area contributed by atoms with Crippen LogP contribution in [-0.4, -0.2) is 10.9 Å². The van der Waals surface area contributed by atoms with Crippen LogP contribution in [-0.2, 0) is 0 Å². The highest BCUT2D eigenvalue weighted by atomic mass is 35.5. The zero-order chi connectivity index (χ0) is 17.9. The third kappa shape index (κ3) is 3.69. The van der Waals surface area contributed by atoms with Crippen molar-refractivity contribution >= 4 is 44.2 Å². The van der Waals surface area contributed by atoms with Gasteiger partial charge in [0.05, 0.1) is 10.2 Å². The number of hydrogen-bond donors (Lipinski definition) is 1. The molecule has 0 aliphatic heterocycles. The number of thiazole rings is 1. The minimum absolute atomic E-state index is 0.242. The SMILES string of the molecule is O=C(Nc1nc2ccc(Cl)cc2s1)c1cccc(Oc2ccccc2)c1. The number of ether oxygens (including phenoxy) is 1. The smallest absolute Gasteiger partial charge is 0.257 e. The summed E-state index contributed by atoms with van der Waals surface area (Å²) in [7, 11) is 0. The van der Waals surface area contributed by atoms with E-state index in [1.165, 1.54) is 11.3 Å². The zero-order valence-corrected chi connectivity index (χ0v) is 15.1. The summed E-state index contributed by atoms with van der Waals surface area (Å²) >= 11 is 7.37. The molecule has 4 rings (SSSR count).